The van der Waals surface area contributed by atoms with Crippen LogP contribution in [0.5, 0.6) is 0 Å². The van der Waals surface area contributed by atoms with Gasteiger partial charge in [-0.15, -0.1) is 0 Å². The second kappa shape index (κ2) is 17.2. The molecule has 1 nitrogen and oxygen atoms in total. The average molecular weight is 960 g/mol. The van der Waals surface area contributed by atoms with Crippen LogP contribution < -0.4 is 4.90 Å². The summed E-state index contributed by atoms with van der Waals surface area (Å²) < 4.78 is 0. The minimum absolute atomic E-state index is 0.117. The smallest absolute Gasteiger partial charge is 0.0614 e. The second-order valence-electron chi connectivity index (χ2n) is 22.0. The topological polar surface area (TPSA) is 3.24 Å². The van der Waals surface area contributed by atoms with Crippen LogP contribution in [0.25, 0.3) is 66.8 Å². The van der Waals surface area contributed by atoms with E-state index in [1.807, 2.05) is 0 Å². The van der Waals surface area contributed by atoms with Crippen molar-refractivity contribution < 1.29 is 0 Å². The van der Waals surface area contributed by atoms with Crippen molar-refractivity contribution >= 4 is 17.1 Å². The Labute approximate surface area is 442 Å². The molecular weight excluding hydrogens is 903 g/mol. The summed E-state index contributed by atoms with van der Waals surface area (Å²) >= 11 is 0. The van der Waals surface area contributed by atoms with E-state index in [4.69, 9.17) is 0 Å². The maximum Gasteiger partial charge on any atom is 0.0614 e. The summed E-state index contributed by atoms with van der Waals surface area (Å²) in [6.07, 6.45) is 17.7. The Morgan fingerprint density at radius 3 is 1.77 bits per heavy atom. The molecule has 0 heterocycles. The molecule has 0 aromatic heterocycles. The lowest BCUT2D eigenvalue weighted by molar-refractivity contribution is 0.460. The molecule has 0 saturated heterocycles. The van der Waals surface area contributed by atoms with Crippen molar-refractivity contribution in [3.8, 4) is 78.6 Å². The van der Waals surface area contributed by atoms with E-state index < -0.39 is 5.41 Å². The van der Waals surface area contributed by atoms with Crippen molar-refractivity contribution in [2.45, 2.75) is 56.8 Å². The summed E-state index contributed by atoms with van der Waals surface area (Å²) in [6, 6.07) is 75.5. The maximum absolute atomic E-state index is 3.84. The standard InChI is InChI=1S/C74H57N/c1-72(2)64-36-20-16-32-61(64)69-59(34-23-38-66(69)72)60-47-46-56(71-70(60)62-33-17-21-37-65(62)74(71,52-28-13-8-14-29-52)51-26-11-5-6-12-27-51)50-40-42-53(43-41-50)75(68-39-22-18-30-55(68)49-24-9-7-10-25-49)54-44-45-58-57-31-15-19-35-63(57)73(3,4)67(58)48-54/h5,7-11,13-26,28,30-48,52H,6,29H2,1-4H3. The lowest BCUT2D eigenvalue weighted by Crippen LogP contribution is -2.36. The van der Waals surface area contributed by atoms with Crippen LogP contribution in [0, 0.1) is 17.8 Å². The fraction of sp³-hybridized carbons (Fsp3) is 0.135. The van der Waals surface area contributed by atoms with E-state index in [0.29, 0.717) is 0 Å². The summed E-state index contributed by atoms with van der Waals surface area (Å²) in [5, 5.41) is 0. The van der Waals surface area contributed by atoms with Crippen LogP contribution in [0.2, 0.25) is 0 Å². The molecule has 5 aliphatic carbocycles. The van der Waals surface area contributed by atoms with Crippen LogP contribution in [0.15, 0.2) is 248 Å². The van der Waals surface area contributed by atoms with Crippen molar-refractivity contribution in [3.63, 3.8) is 0 Å². The van der Waals surface area contributed by atoms with E-state index >= 15 is 0 Å². The third-order valence-corrected chi connectivity index (χ3v) is 17.4. The first-order valence-corrected chi connectivity index (χ1v) is 26.8. The molecule has 358 valence electrons. The van der Waals surface area contributed by atoms with Gasteiger partial charge < -0.3 is 4.90 Å². The second-order valence-corrected chi connectivity index (χ2v) is 22.0. The fourth-order valence-corrected chi connectivity index (χ4v) is 14.0. The molecule has 14 rings (SSSR count). The Bertz CT molecular complexity index is 4010. The van der Waals surface area contributed by atoms with E-state index in [1.165, 1.54) is 100 Å². The Kier molecular flexibility index (Phi) is 10.3. The van der Waals surface area contributed by atoms with Crippen LogP contribution in [0.3, 0.4) is 0 Å². The molecule has 5 aliphatic rings. The van der Waals surface area contributed by atoms with Crippen molar-refractivity contribution in [3.05, 3.63) is 282 Å². The molecule has 0 N–H and O–H groups in total. The SMILES string of the molecule is CC1(C)c2ccccc2-c2ccc(N(c3ccc(-c4ccc(-c5cccc6c5-c5ccccc5C6(C)C)c5c4C(C4=CC=CCC#C4)(C4C=CC=CC4)c4ccccc4-5)cc3)c3ccccc3-c3ccccc3)cc21. The van der Waals surface area contributed by atoms with Gasteiger partial charge in [-0.05, 0) is 143 Å². The van der Waals surface area contributed by atoms with Gasteiger partial charge in [0.25, 0.3) is 0 Å². The van der Waals surface area contributed by atoms with Gasteiger partial charge in [-0.3, -0.25) is 0 Å². The van der Waals surface area contributed by atoms with Crippen LogP contribution in [-0.2, 0) is 16.2 Å². The Morgan fingerprint density at radius 1 is 0.427 bits per heavy atom. The zero-order chi connectivity index (χ0) is 50.5. The minimum atomic E-state index is -0.580. The van der Waals surface area contributed by atoms with Gasteiger partial charge in [0.1, 0.15) is 0 Å². The highest BCUT2D eigenvalue weighted by atomic mass is 15.1. The predicted octanol–water partition coefficient (Wildman–Crippen LogP) is 19.1. The van der Waals surface area contributed by atoms with E-state index in [1.54, 1.807) is 0 Å². The number of allylic oxidation sites excluding steroid dienone is 8. The number of benzene rings is 9. The zero-order valence-corrected chi connectivity index (χ0v) is 43.0. The molecule has 0 saturated carbocycles. The Balaban J connectivity index is 1.01. The molecule has 0 bridgehead atoms. The highest BCUT2D eigenvalue weighted by Gasteiger charge is 2.52. The Morgan fingerprint density at radius 2 is 1.00 bits per heavy atom. The number of nitrogens with zero attached hydrogens (tertiary/aromatic N) is 1. The molecular formula is C74H57N. The predicted molar refractivity (Wildman–Crippen MR) is 315 cm³/mol. The van der Waals surface area contributed by atoms with Crippen molar-refractivity contribution in [2.75, 3.05) is 4.90 Å². The van der Waals surface area contributed by atoms with Gasteiger partial charge in [0, 0.05) is 39.8 Å². The Hall–Kier alpha value is -8.70. The molecule has 75 heavy (non-hydrogen) atoms. The molecule has 0 radical (unpaired) electrons. The quantitative estimate of drug-likeness (QED) is 0.137. The third-order valence-electron chi connectivity index (χ3n) is 17.4. The molecule has 2 atom stereocenters. The zero-order valence-electron chi connectivity index (χ0n) is 43.0. The largest absolute Gasteiger partial charge is 0.310 e. The molecule has 0 aliphatic heterocycles. The fourth-order valence-electron chi connectivity index (χ4n) is 14.0. The van der Waals surface area contributed by atoms with Gasteiger partial charge in [0.15, 0.2) is 0 Å². The van der Waals surface area contributed by atoms with Crippen LogP contribution in [-0.4, -0.2) is 0 Å². The summed E-state index contributed by atoms with van der Waals surface area (Å²) in [5.41, 5.74) is 27.0. The van der Waals surface area contributed by atoms with Crippen molar-refractivity contribution in [1.29, 1.82) is 0 Å². The summed E-state index contributed by atoms with van der Waals surface area (Å²) in [4.78, 5) is 2.48. The van der Waals surface area contributed by atoms with E-state index in [9.17, 15) is 0 Å². The van der Waals surface area contributed by atoms with E-state index in [-0.39, 0.29) is 16.7 Å². The number of anilines is 3. The van der Waals surface area contributed by atoms with Crippen LogP contribution in [0.4, 0.5) is 17.1 Å². The average Bonchev–Trinajstić information content (AvgIpc) is 4.03. The first-order chi connectivity index (χ1) is 36.8. The number of hydrogen-bond donors (Lipinski definition) is 0. The number of para-hydroxylation sites is 1. The molecule has 0 fully saturated rings. The normalized spacial score (nSPS) is 18.3. The molecule has 1 heteroatoms. The first-order valence-electron chi connectivity index (χ1n) is 26.8. The molecule has 9 aromatic carbocycles. The third kappa shape index (κ3) is 6.65. The number of fused-ring (bicyclic) bond motifs is 9. The van der Waals surface area contributed by atoms with Crippen LogP contribution >= 0.6 is 0 Å². The van der Waals surface area contributed by atoms with Gasteiger partial charge in [-0.1, -0.05) is 246 Å². The molecule has 9 aromatic rings. The molecule has 0 amide bonds. The van der Waals surface area contributed by atoms with Gasteiger partial charge in [0.2, 0.25) is 0 Å². The minimum Gasteiger partial charge on any atom is -0.310 e. The highest BCUT2D eigenvalue weighted by Crippen LogP contribution is 2.64. The van der Waals surface area contributed by atoms with Crippen molar-refractivity contribution in [2.24, 2.45) is 5.92 Å². The van der Waals surface area contributed by atoms with Crippen molar-refractivity contribution in [1.82, 2.24) is 0 Å². The monoisotopic (exact) mass is 959 g/mol. The lowest BCUT2D eigenvalue weighted by Gasteiger charge is -2.40. The summed E-state index contributed by atoms with van der Waals surface area (Å²) in [6.45, 7) is 9.52. The highest BCUT2D eigenvalue weighted by molar-refractivity contribution is 6.04. The van der Waals surface area contributed by atoms with E-state index in [2.05, 4.69) is 287 Å². The van der Waals surface area contributed by atoms with Gasteiger partial charge >= 0.3 is 0 Å². The van der Waals surface area contributed by atoms with Gasteiger partial charge in [-0.25, -0.2) is 0 Å². The maximum atomic E-state index is 3.84. The van der Waals surface area contributed by atoms with Gasteiger partial charge in [-0.2, -0.15) is 0 Å². The van der Waals surface area contributed by atoms with Gasteiger partial charge in [0.05, 0.1) is 11.1 Å². The number of hydrogen-bond acceptors (Lipinski definition) is 1. The summed E-state index contributed by atoms with van der Waals surface area (Å²) in [7, 11) is 0. The first kappa shape index (κ1) is 45.0. The molecule has 0 spiro atoms. The summed E-state index contributed by atoms with van der Waals surface area (Å²) in [5.74, 6) is 7.56. The van der Waals surface area contributed by atoms with E-state index in [0.717, 1.165) is 35.5 Å². The van der Waals surface area contributed by atoms with Crippen LogP contribution in [0.1, 0.15) is 73.9 Å². The molecule has 2 unspecified atom stereocenters. The number of rotatable bonds is 8. The lowest BCUT2D eigenvalue weighted by atomic mass is 9.60.